The van der Waals surface area contributed by atoms with Crippen molar-refractivity contribution in [1.29, 1.82) is 0 Å². The highest BCUT2D eigenvalue weighted by Crippen LogP contribution is 2.63. The largest absolute Gasteiger partial charge is 0.344 e. The highest BCUT2D eigenvalue weighted by atomic mass is 16.7. The van der Waals surface area contributed by atoms with E-state index in [1.165, 1.54) is 16.7 Å². The number of hydrogen-bond donors (Lipinski definition) is 0. The summed E-state index contributed by atoms with van der Waals surface area (Å²) in [4.78, 5) is 13.2. The smallest absolute Gasteiger partial charge is 0.192 e. The molecule has 5 nitrogen and oxygen atoms in total. The van der Waals surface area contributed by atoms with Crippen LogP contribution in [0.3, 0.4) is 0 Å². The van der Waals surface area contributed by atoms with Crippen LogP contribution in [-0.2, 0) is 29.5 Å². The quantitative estimate of drug-likeness (QED) is 0.560. The molecule has 5 heteroatoms. The predicted molar refractivity (Wildman–Crippen MR) is 131 cm³/mol. The first-order valence-electron chi connectivity index (χ1n) is 13.6. The zero-order valence-corrected chi connectivity index (χ0v) is 20.9. The molecule has 35 heavy (non-hydrogen) atoms. The van der Waals surface area contributed by atoms with Crippen molar-refractivity contribution >= 4 is 5.78 Å². The SMILES string of the molecule is CC1(c2ccc([C@H]3C[C@]4(C)C(=O)CC[C@H]4[C@@H]4CCC5=CC6(CCC5=C43)OCCO6)cc2)OCCO1. The number of fused-ring (bicyclic) bond motifs is 4. The van der Waals surface area contributed by atoms with E-state index in [1.54, 1.807) is 5.57 Å². The Morgan fingerprint density at radius 1 is 0.857 bits per heavy atom. The molecule has 1 spiro atoms. The van der Waals surface area contributed by atoms with Gasteiger partial charge in [-0.15, -0.1) is 0 Å². The lowest BCUT2D eigenvalue weighted by molar-refractivity contribution is -0.149. The maximum atomic E-state index is 13.2. The van der Waals surface area contributed by atoms with E-state index >= 15 is 0 Å². The summed E-state index contributed by atoms with van der Waals surface area (Å²) in [7, 11) is 0. The number of rotatable bonds is 2. The van der Waals surface area contributed by atoms with Gasteiger partial charge in [0.1, 0.15) is 5.78 Å². The third kappa shape index (κ3) is 3.31. The molecule has 2 saturated heterocycles. The van der Waals surface area contributed by atoms with E-state index in [4.69, 9.17) is 18.9 Å². The van der Waals surface area contributed by atoms with Gasteiger partial charge in [0.15, 0.2) is 11.6 Å². The molecule has 0 N–H and O–H groups in total. The Kier molecular flexibility index (Phi) is 5.03. The number of ketones is 1. The highest BCUT2D eigenvalue weighted by molar-refractivity contribution is 5.87. The third-order valence-electron chi connectivity index (χ3n) is 10.1. The minimum absolute atomic E-state index is 0.212. The topological polar surface area (TPSA) is 54.0 Å². The van der Waals surface area contributed by atoms with Crippen molar-refractivity contribution < 1.29 is 23.7 Å². The number of hydrogen-bond acceptors (Lipinski definition) is 5. The van der Waals surface area contributed by atoms with Gasteiger partial charge in [-0.3, -0.25) is 4.79 Å². The van der Waals surface area contributed by atoms with Crippen LogP contribution in [0.5, 0.6) is 0 Å². The Bertz CT molecular complexity index is 1100. The van der Waals surface area contributed by atoms with Crippen LogP contribution in [0.2, 0.25) is 0 Å². The van der Waals surface area contributed by atoms with Crippen molar-refractivity contribution in [2.45, 2.75) is 76.3 Å². The van der Waals surface area contributed by atoms with E-state index in [0.717, 1.165) is 50.5 Å². The van der Waals surface area contributed by atoms with Crippen molar-refractivity contribution in [3.8, 4) is 0 Å². The Morgan fingerprint density at radius 3 is 2.31 bits per heavy atom. The van der Waals surface area contributed by atoms with Crippen LogP contribution in [0.4, 0.5) is 0 Å². The van der Waals surface area contributed by atoms with Crippen molar-refractivity contribution in [3.63, 3.8) is 0 Å². The second-order valence-electron chi connectivity index (χ2n) is 11.8. The molecule has 2 heterocycles. The fourth-order valence-corrected chi connectivity index (χ4v) is 8.25. The average molecular weight is 477 g/mol. The van der Waals surface area contributed by atoms with Gasteiger partial charge in [0.2, 0.25) is 0 Å². The minimum Gasteiger partial charge on any atom is -0.344 e. The maximum absolute atomic E-state index is 13.2. The van der Waals surface area contributed by atoms with Crippen molar-refractivity contribution in [2.24, 2.45) is 17.3 Å². The molecule has 4 atom stereocenters. The molecule has 0 aromatic heterocycles. The molecule has 4 fully saturated rings. The number of carbonyl (C=O) groups is 1. The normalized spacial score (nSPS) is 37.3. The first-order valence-corrected chi connectivity index (χ1v) is 13.6. The molecule has 0 unspecified atom stereocenters. The van der Waals surface area contributed by atoms with Crippen LogP contribution in [0.15, 0.2) is 47.1 Å². The standard InChI is InChI=1S/C30H36O5/c1-28-18-24(19-3-6-21(7-4-19)29(2)32-13-14-33-29)27-22-11-12-30(34-15-16-35-30)17-20(22)5-8-23(27)25(28)9-10-26(28)31/h3-4,6-7,17,23-25H,5,8-16,18H2,1-2H3/t23-,24+,25-,28-/m0/s1. The molecule has 1 aromatic carbocycles. The number of ether oxygens (including phenoxy) is 4. The summed E-state index contributed by atoms with van der Waals surface area (Å²) in [6.07, 6.45) is 9.09. The van der Waals surface area contributed by atoms with Gasteiger partial charge < -0.3 is 18.9 Å². The van der Waals surface area contributed by atoms with Gasteiger partial charge in [-0.05, 0) is 73.6 Å². The molecule has 1 aromatic rings. The lowest BCUT2D eigenvalue weighted by Crippen LogP contribution is -2.44. The van der Waals surface area contributed by atoms with E-state index in [9.17, 15) is 4.79 Å². The molecule has 2 aliphatic heterocycles. The third-order valence-corrected chi connectivity index (χ3v) is 10.1. The van der Waals surface area contributed by atoms with Crippen LogP contribution < -0.4 is 0 Å². The number of Topliss-reactive ketones (excluding diaryl/α,β-unsaturated/α-hetero) is 1. The Morgan fingerprint density at radius 2 is 1.57 bits per heavy atom. The van der Waals surface area contributed by atoms with Crippen molar-refractivity contribution in [1.82, 2.24) is 0 Å². The fraction of sp³-hybridized carbons (Fsp3) is 0.633. The zero-order valence-electron chi connectivity index (χ0n) is 20.9. The van der Waals surface area contributed by atoms with Gasteiger partial charge in [0.25, 0.3) is 0 Å². The van der Waals surface area contributed by atoms with Gasteiger partial charge in [-0.2, -0.15) is 0 Å². The molecular weight excluding hydrogens is 440 g/mol. The molecular formula is C30H36O5. The van der Waals surface area contributed by atoms with Crippen LogP contribution in [0, 0.1) is 17.3 Å². The van der Waals surface area contributed by atoms with Crippen LogP contribution >= 0.6 is 0 Å². The monoisotopic (exact) mass is 476 g/mol. The van der Waals surface area contributed by atoms with Gasteiger partial charge in [0, 0.05) is 29.7 Å². The first kappa shape index (κ1) is 22.4. The molecule has 4 aliphatic carbocycles. The Hall–Kier alpha value is -1.79. The van der Waals surface area contributed by atoms with E-state index in [-0.39, 0.29) is 11.3 Å². The van der Waals surface area contributed by atoms with E-state index < -0.39 is 11.6 Å². The van der Waals surface area contributed by atoms with Crippen molar-refractivity contribution in [3.05, 3.63) is 58.2 Å². The Balaban J connectivity index is 1.32. The molecule has 0 bridgehead atoms. The van der Waals surface area contributed by atoms with Crippen molar-refractivity contribution in [2.75, 3.05) is 26.4 Å². The van der Waals surface area contributed by atoms with Gasteiger partial charge in [0.05, 0.1) is 26.4 Å². The fourth-order valence-electron chi connectivity index (χ4n) is 8.25. The summed E-state index contributed by atoms with van der Waals surface area (Å²) < 4.78 is 23.9. The second-order valence-corrected chi connectivity index (χ2v) is 11.8. The van der Waals surface area contributed by atoms with Gasteiger partial charge >= 0.3 is 0 Å². The van der Waals surface area contributed by atoms with E-state index in [0.29, 0.717) is 44.0 Å². The molecule has 6 aliphatic rings. The first-order chi connectivity index (χ1) is 16.9. The lowest BCUT2D eigenvalue weighted by Gasteiger charge is -2.51. The van der Waals surface area contributed by atoms with Gasteiger partial charge in [-0.25, -0.2) is 0 Å². The van der Waals surface area contributed by atoms with Crippen LogP contribution in [0.1, 0.15) is 75.8 Å². The molecule has 0 amide bonds. The molecule has 0 radical (unpaired) electrons. The number of benzene rings is 1. The summed E-state index contributed by atoms with van der Waals surface area (Å²) in [5, 5.41) is 0. The minimum atomic E-state index is -0.659. The van der Waals surface area contributed by atoms with Crippen LogP contribution in [-0.4, -0.2) is 38.0 Å². The molecule has 186 valence electrons. The maximum Gasteiger partial charge on any atom is 0.192 e. The summed E-state index contributed by atoms with van der Waals surface area (Å²) >= 11 is 0. The molecule has 7 rings (SSSR count). The highest BCUT2D eigenvalue weighted by Gasteiger charge is 2.57. The van der Waals surface area contributed by atoms with Gasteiger partial charge in [-0.1, -0.05) is 36.8 Å². The van der Waals surface area contributed by atoms with E-state index in [2.05, 4.69) is 37.3 Å². The van der Waals surface area contributed by atoms with Crippen LogP contribution in [0.25, 0.3) is 0 Å². The molecule has 2 saturated carbocycles. The average Bonchev–Trinajstić information content (AvgIpc) is 3.59. The van der Waals surface area contributed by atoms with E-state index in [1.807, 2.05) is 6.92 Å². The number of carbonyl (C=O) groups excluding carboxylic acids is 1. The summed E-state index contributed by atoms with van der Waals surface area (Å²) in [6, 6.07) is 8.86. The predicted octanol–water partition coefficient (Wildman–Crippen LogP) is 5.55. The summed E-state index contributed by atoms with van der Waals surface area (Å²) in [5.41, 5.74) is 6.74. The summed E-state index contributed by atoms with van der Waals surface area (Å²) in [6.45, 7) is 6.89. The summed E-state index contributed by atoms with van der Waals surface area (Å²) in [5.74, 6) is 0.554. The lowest BCUT2D eigenvalue weighted by atomic mass is 9.53. The second kappa shape index (κ2) is 7.85. The number of allylic oxidation sites excluding steroid dienone is 3. The zero-order chi connectivity index (χ0) is 23.8. The Labute approximate surface area is 207 Å².